The molecule has 7 heteroatoms. The minimum atomic E-state index is -0.585. The fourth-order valence-electron chi connectivity index (χ4n) is 2.21. The number of esters is 2. The molecule has 26 heavy (non-hydrogen) atoms. The summed E-state index contributed by atoms with van der Waals surface area (Å²) in [7, 11) is 0. The van der Waals surface area contributed by atoms with Crippen LogP contribution in [0.25, 0.3) is 0 Å². The molecule has 0 aliphatic carbocycles. The zero-order valence-corrected chi connectivity index (χ0v) is 15.4. The van der Waals surface area contributed by atoms with Gasteiger partial charge in [-0.05, 0) is 32.3 Å². The van der Waals surface area contributed by atoms with Gasteiger partial charge in [-0.2, -0.15) is 0 Å². The average molecular weight is 365 g/mol. The summed E-state index contributed by atoms with van der Waals surface area (Å²) < 4.78 is 15.0. The van der Waals surface area contributed by atoms with Crippen molar-refractivity contribution in [3.63, 3.8) is 0 Å². The molecule has 144 valence electrons. The van der Waals surface area contributed by atoms with Gasteiger partial charge in [-0.3, -0.25) is 14.5 Å². The quantitative estimate of drug-likeness (QED) is 0.341. The van der Waals surface area contributed by atoms with E-state index in [9.17, 15) is 14.4 Å². The molecule has 1 amide bonds. The third-order valence-corrected chi connectivity index (χ3v) is 3.45. The predicted octanol–water partition coefficient (Wildman–Crippen LogP) is 2.92. The van der Waals surface area contributed by atoms with Crippen LogP contribution in [0, 0.1) is 0 Å². The third kappa shape index (κ3) is 9.05. The van der Waals surface area contributed by atoms with Gasteiger partial charge in [0.1, 0.15) is 13.2 Å². The number of carbonyl (C=O) groups is 3. The van der Waals surface area contributed by atoms with E-state index in [2.05, 4.69) is 0 Å². The maximum Gasteiger partial charge on any atom is 0.410 e. The highest BCUT2D eigenvalue weighted by atomic mass is 16.6. The highest BCUT2D eigenvalue weighted by molar-refractivity contribution is 5.78. The summed E-state index contributed by atoms with van der Waals surface area (Å²) in [5.74, 6) is -0.759. The van der Waals surface area contributed by atoms with Crippen LogP contribution in [0.5, 0.6) is 0 Å². The van der Waals surface area contributed by atoms with E-state index < -0.39 is 12.1 Å². The van der Waals surface area contributed by atoms with Gasteiger partial charge < -0.3 is 14.2 Å². The van der Waals surface area contributed by atoms with Crippen molar-refractivity contribution in [2.75, 3.05) is 26.3 Å². The Kier molecular flexibility index (Phi) is 10.5. The number of unbranched alkanes of at least 4 members (excludes halogenated alkanes) is 1. The van der Waals surface area contributed by atoms with Gasteiger partial charge in [-0.15, -0.1) is 0 Å². The van der Waals surface area contributed by atoms with Crippen LogP contribution in [-0.2, 0) is 30.4 Å². The van der Waals surface area contributed by atoms with Gasteiger partial charge in [-0.25, -0.2) is 4.79 Å². The fraction of sp³-hybridized carbons (Fsp3) is 0.526. The molecular weight excluding hydrogens is 338 g/mol. The van der Waals surface area contributed by atoms with Crippen molar-refractivity contribution < 1.29 is 28.6 Å². The van der Waals surface area contributed by atoms with Crippen molar-refractivity contribution in [1.29, 1.82) is 0 Å². The minimum absolute atomic E-state index is 0.127. The van der Waals surface area contributed by atoms with Crippen LogP contribution in [0.15, 0.2) is 30.3 Å². The van der Waals surface area contributed by atoms with Crippen LogP contribution in [0.2, 0.25) is 0 Å². The van der Waals surface area contributed by atoms with Gasteiger partial charge in [-0.1, -0.05) is 30.3 Å². The van der Waals surface area contributed by atoms with Gasteiger partial charge in [0.25, 0.3) is 0 Å². The Balaban J connectivity index is 2.49. The first-order valence-corrected chi connectivity index (χ1v) is 8.83. The van der Waals surface area contributed by atoms with Gasteiger partial charge in [0.05, 0.1) is 13.2 Å². The molecule has 0 heterocycles. The summed E-state index contributed by atoms with van der Waals surface area (Å²) in [5.41, 5.74) is 0.860. The maximum absolute atomic E-state index is 12.3. The summed E-state index contributed by atoms with van der Waals surface area (Å²) in [6, 6.07) is 9.29. The minimum Gasteiger partial charge on any atom is -0.466 e. The van der Waals surface area contributed by atoms with Crippen molar-refractivity contribution in [2.45, 2.75) is 39.7 Å². The molecule has 0 aromatic heterocycles. The van der Waals surface area contributed by atoms with E-state index in [0.29, 0.717) is 26.0 Å². The van der Waals surface area contributed by atoms with Crippen molar-refractivity contribution >= 4 is 18.0 Å². The molecule has 0 radical (unpaired) electrons. The first-order chi connectivity index (χ1) is 12.6. The highest BCUT2D eigenvalue weighted by Crippen LogP contribution is 2.06. The molecule has 0 spiro atoms. The number of hydrogen-bond donors (Lipinski definition) is 0. The molecule has 0 aliphatic rings. The number of benzene rings is 1. The van der Waals surface area contributed by atoms with Crippen molar-refractivity contribution in [3.05, 3.63) is 35.9 Å². The fourth-order valence-corrected chi connectivity index (χ4v) is 2.21. The summed E-state index contributed by atoms with van der Waals surface area (Å²) in [6.45, 7) is 4.29. The van der Waals surface area contributed by atoms with E-state index in [-0.39, 0.29) is 32.1 Å². The first-order valence-electron chi connectivity index (χ1n) is 8.83. The number of amides is 1. The van der Waals surface area contributed by atoms with E-state index in [4.69, 9.17) is 14.2 Å². The number of carbonyl (C=O) groups excluding carboxylic acids is 3. The molecule has 1 rings (SSSR count). The van der Waals surface area contributed by atoms with E-state index >= 15 is 0 Å². The molecule has 0 saturated heterocycles. The average Bonchev–Trinajstić information content (AvgIpc) is 2.63. The normalized spacial score (nSPS) is 10.1. The van der Waals surface area contributed by atoms with Crippen LogP contribution in [0.1, 0.15) is 38.7 Å². The predicted molar refractivity (Wildman–Crippen MR) is 95.3 cm³/mol. The maximum atomic E-state index is 12.3. The number of nitrogens with zero attached hydrogens (tertiary/aromatic N) is 1. The van der Waals surface area contributed by atoms with Crippen molar-refractivity contribution in [1.82, 2.24) is 4.90 Å². The molecule has 7 nitrogen and oxygen atoms in total. The van der Waals surface area contributed by atoms with E-state index in [1.165, 1.54) is 4.90 Å². The topological polar surface area (TPSA) is 82.1 Å². The Labute approximate surface area is 154 Å². The first kappa shape index (κ1) is 21.5. The Morgan fingerprint density at radius 3 is 2.19 bits per heavy atom. The smallest absolute Gasteiger partial charge is 0.410 e. The Morgan fingerprint density at radius 2 is 1.54 bits per heavy atom. The monoisotopic (exact) mass is 365 g/mol. The van der Waals surface area contributed by atoms with Crippen LogP contribution in [0.4, 0.5) is 4.79 Å². The molecular formula is C19H27NO6. The van der Waals surface area contributed by atoms with Gasteiger partial charge in [0.2, 0.25) is 0 Å². The summed E-state index contributed by atoms with van der Waals surface area (Å²) in [5, 5.41) is 0. The second-order valence-electron chi connectivity index (χ2n) is 5.53. The van der Waals surface area contributed by atoms with E-state index in [1.807, 2.05) is 30.3 Å². The molecule has 0 N–H and O–H groups in total. The Bertz CT molecular complexity index is 560. The number of rotatable bonds is 11. The third-order valence-electron chi connectivity index (χ3n) is 3.45. The molecule has 0 unspecified atom stereocenters. The molecule has 0 bridgehead atoms. The second kappa shape index (κ2) is 12.7. The Morgan fingerprint density at radius 1 is 0.885 bits per heavy atom. The molecule has 1 aromatic rings. The summed E-state index contributed by atoms with van der Waals surface area (Å²) in [4.78, 5) is 36.6. The number of hydrogen-bond acceptors (Lipinski definition) is 6. The lowest BCUT2D eigenvalue weighted by atomic mass is 10.2. The van der Waals surface area contributed by atoms with Crippen LogP contribution < -0.4 is 0 Å². The van der Waals surface area contributed by atoms with Crippen LogP contribution in [0.3, 0.4) is 0 Å². The lowest BCUT2D eigenvalue weighted by Crippen LogP contribution is -2.37. The Hall–Kier alpha value is -2.57. The molecule has 0 atom stereocenters. The van der Waals surface area contributed by atoms with E-state index in [0.717, 1.165) is 5.56 Å². The molecule has 0 aliphatic heterocycles. The molecule has 0 saturated carbocycles. The largest absolute Gasteiger partial charge is 0.466 e. The van der Waals surface area contributed by atoms with Crippen LogP contribution >= 0.6 is 0 Å². The highest BCUT2D eigenvalue weighted by Gasteiger charge is 2.19. The molecule has 0 fully saturated rings. The van der Waals surface area contributed by atoms with Gasteiger partial charge in [0, 0.05) is 13.0 Å². The standard InChI is InChI=1S/C19H27NO6/c1-3-24-17(21)12-8-9-13-20(14-18(22)25-4-2)19(23)26-15-16-10-6-5-7-11-16/h5-7,10-11H,3-4,8-9,12-15H2,1-2H3. The summed E-state index contributed by atoms with van der Waals surface area (Å²) in [6.07, 6.45) is 0.807. The van der Waals surface area contributed by atoms with Gasteiger partial charge >= 0.3 is 18.0 Å². The van der Waals surface area contributed by atoms with Crippen molar-refractivity contribution in [3.8, 4) is 0 Å². The van der Waals surface area contributed by atoms with Crippen LogP contribution in [-0.4, -0.2) is 49.2 Å². The SMILES string of the molecule is CCOC(=O)CCCCN(CC(=O)OCC)C(=O)OCc1ccccc1. The zero-order valence-electron chi connectivity index (χ0n) is 15.4. The molecule has 1 aromatic carbocycles. The lowest BCUT2D eigenvalue weighted by Gasteiger charge is -2.21. The number of ether oxygens (including phenoxy) is 3. The lowest BCUT2D eigenvalue weighted by molar-refractivity contribution is -0.145. The van der Waals surface area contributed by atoms with Crippen molar-refractivity contribution in [2.24, 2.45) is 0 Å². The van der Waals surface area contributed by atoms with Gasteiger partial charge in [0.15, 0.2) is 0 Å². The van der Waals surface area contributed by atoms with E-state index in [1.54, 1.807) is 13.8 Å². The summed E-state index contributed by atoms with van der Waals surface area (Å²) >= 11 is 0. The zero-order chi connectivity index (χ0) is 19.2. The second-order valence-corrected chi connectivity index (χ2v) is 5.53.